The van der Waals surface area contributed by atoms with Gasteiger partial charge >= 0.3 is 0 Å². The third kappa shape index (κ3) is 8.66. The van der Waals surface area contributed by atoms with Crippen LogP contribution in [0.2, 0.25) is 0 Å². The van der Waals surface area contributed by atoms with Crippen LogP contribution in [-0.2, 0) is 11.3 Å². The summed E-state index contributed by atoms with van der Waals surface area (Å²) < 4.78 is 11.4. The van der Waals surface area contributed by atoms with Crippen molar-refractivity contribution in [2.45, 2.75) is 46.4 Å². The van der Waals surface area contributed by atoms with E-state index in [1.807, 2.05) is 24.4 Å². The van der Waals surface area contributed by atoms with Gasteiger partial charge in [0.1, 0.15) is 11.6 Å². The first kappa shape index (κ1) is 27.2. The van der Waals surface area contributed by atoms with Crippen LogP contribution in [0.5, 0.6) is 5.75 Å². The van der Waals surface area contributed by atoms with Crippen molar-refractivity contribution in [1.82, 2.24) is 15.6 Å². The van der Waals surface area contributed by atoms with Gasteiger partial charge in [-0.15, -0.1) is 24.0 Å². The first-order chi connectivity index (χ1) is 15.4. The van der Waals surface area contributed by atoms with Crippen LogP contribution in [-0.4, -0.2) is 50.4 Å². The van der Waals surface area contributed by atoms with Crippen LogP contribution < -0.4 is 20.3 Å². The lowest BCUT2D eigenvalue weighted by Gasteiger charge is -2.32. The molecule has 0 saturated carbocycles. The summed E-state index contributed by atoms with van der Waals surface area (Å²) in [5.41, 5.74) is 2.34. The molecule has 2 atom stereocenters. The number of hydrogen-bond donors (Lipinski definition) is 2. The number of nitrogens with one attached hydrogen (secondary N) is 2. The molecule has 8 heteroatoms. The molecule has 2 unspecified atom stereocenters. The van der Waals surface area contributed by atoms with E-state index in [2.05, 4.69) is 71.4 Å². The van der Waals surface area contributed by atoms with Crippen molar-refractivity contribution >= 4 is 35.8 Å². The number of aliphatic imine (C=N–C) groups is 1. The first-order valence-corrected chi connectivity index (χ1v) is 11.5. The van der Waals surface area contributed by atoms with Crippen molar-refractivity contribution < 1.29 is 9.47 Å². The Morgan fingerprint density at radius 3 is 2.67 bits per heavy atom. The van der Waals surface area contributed by atoms with Crippen molar-refractivity contribution in [3.05, 3.63) is 53.7 Å². The quantitative estimate of drug-likeness (QED) is 0.280. The van der Waals surface area contributed by atoms with Gasteiger partial charge in [-0.1, -0.05) is 26.0 Å². The maximum absolute atomic E-state index is 5.78. The average molecular weight is 568 g/mol. The number of benzene rings is 1. The topological polar surface area (TPSA) is 71.0 Å². The molecule has 2 heterocycles. The molecule has 1 aromatic heterocycles. The fourth-order valence-electron chi connectivity index (χ4n) is 3.55. The Labute approximate surface area is 215 Å². The minimum absolute atomic E-state index is 0. The Morgan fingerprint density at radius 2 is 2.00 bits per heavy atom. The Bertz CT molecular complexity index is 875. The van der Waals surface area contributed by atoms with Gasteiger partial charge < -0.3 is 25.0 Å². The number of morpholine rings is 1. The van der Waals surface area contributed by atoms with E-state index in [0.717, 1.165) is 49.4 Å². The van der Waals surface area contributed by atoms with Crippen molar-refractivity contribution in [2.75, 3.05) is 38.3 Å². The van der Waals surface area contributed by atoms with Gasteiger partial charge in [0.25, 0.3) is 0 Å². The van der Waals surface area contributed by atoms with Gasteiger partial charge in [0.2, 0.25) is 0 Å². The van der Waals surface area contributed by atoms with Crippen molar-refractivity contribution in [2.24, 2.45) is 10.9 Å². The summed E-state index contributed by atoms with van der Waals surface area (Å²) in [5, 5.41) is 6.87. The third-order valence-corrected chi connectivity index (χ3v) is 5.38. The molecular formula is C25H38IN5O2. The lowest BCUT2D eigenvalue weighted by atomic mass is 10.1. The zero-order valence-corrected chi connectivity index (χ0v) is 22.7. The summed E-state index contributed by atoms with van der Waals surface area (Å²) in [6, 6.07) is 12.5. The number of pyridine rings is 1. The Kier molecular flexibility index (Phi) is 11.2. The van der Waals surface area contributed by atoms with E-state index >= 15 is 0 Å². The SMILES string of the molecule is CN=C(NCc1ccnc(N2CCOC(C)C2)c1)NC(C)c1ccc(OCC(C)C)cc1.I. The molecule has 2 N–H and O–H groups in total. The van der Waals surface area contributed by atoms with Crippen molar-refractivity contribution in [3.63, 3.8) is 0 Å². The van der Waals surface area contributed by atoms with E-state index in [0.29, 0.717) is 12.5 Å². The molecule has 1 fully saturated rings. The molecule has 0 aliphatic carbocycles. The fraction of sp³-hybridized carbons (Fsp3) is 0.520. The highest BCUT2D eigenvalue weighted by Crippen LogP contribution is 2.19. The number of aromatic nitrogens is 1. The number of hydrogen-bond acceptors (Lipinski definition) is 5. The summed E-state index contributed by atoms with van der Waals surface area (Å²) >= 11 is 0. The van der Waals surface area contributed by atoms with Crippen LogP contribution in [0.4, 0.5) is 5.82 Å². The summed E-state index contributed by atoms with van der Waals surface area (Å²) in [6.45, 7) is 12.4. The van der Waals surface area contributed by atoms with E-state index in [-0.39, 0.29) is 36.1 Å². The number of halogens is 1. The van der Waals surface area contributed by atoms with Gasteiger partial charge in [-0.25, -0.2) is 4.98 Å². The highest BCUT2D eigenvalue weighted by atomic mass is 127. The molecule has 2 aromatic rings. The normalized spacial score (nSPS) is 17.3. The van der Waals surface area contributed by atoms with Crippen LogP contribution in [0, 0.1) is 5.92 Å². The van der Waals surface area contributed by atoms with Crippen LogP contribution in [0.25, 0.3) is 0 Å². The van der Waals surface area contributed by atoms with Crippen molar-refractivity contribution in [1.29, 1.82) is 0 Å². The van der Waals surface area contributed by atoms with E-state index in [1.165, 1.54) is 5.56 Å². The van der Waals surface area contributed by atoms with Gasteiger partial charge in [-0.2, -0.15) is 0 Å². The highest BCUT2D eigenvalue weighted by Gasteiger charge is 2.18. The number of ether oxygens (including phenoxy) is 2. The predicted octanol–water partition coefficient (Wildman–Crippen LogP) is 4.39. The maximum atomic E-state index is 5.78. The molecular weight excluding hydrogens is 529 g/mol. The highest BCUT2D eigenvalue weighted by molar-refractivity contribution is 14.0. The van der Waals surface area contributed by atoms with Crippen LogP contribution >= 0.6 is 24.0 Å². The number of nitrogens with zero attached hydrogens (tertiary/aromatic N) is 3. The molecule has 0 spiro atoms. The number of anilines is 1. The Balaban J connectivity index is 0.00000385. The van der Waals surface area contributed by atoms with E-state index in [9.17, 15) is 0 Å². The molecule has 0 amide bonds. The van der Waals surface area contributed by atoms with E-state index in [4.69, 9.17) is 9.47 Å². The number of guanidine groups is 1. The zero-order valence-electron chi connectivity index (χ0n) is 20.4. The molecule has 33 heavy (non-hydrogen) atoms. The Morgan fingerprint density at radius 1 is 1.24 bits per heavy atom. The Hall–Kier alpha value is -2.07. The summed E-state index contributed by atoms with van der Waals surface area (Å²) in [5.74, 6) is 3.17. The largest absolute Gasteiger partial charge is 0.493 e. The second-order valence-electron chi connectivity index (χ2n) is 8.72. The molecule has 0 bridgehead atoms. The zero-order chi connectivity index (χ0) is 22.9. The number of rotatable bonds is 8. The minimum Gasteiger partial charge on any atom is -0.493 e. The summed E-state index contributed by atoms with van der Waals surface area (Å²) in [7, 11) is 1.79. The molecule has 1 aliphatic heterocycles. The summed E-state index contributed by atoms with van der Waals surface area (Å²) in [6.07, 6.45) is 2.10. The standard InChI is InChI=1S/C25H37N5O2.HI/c1-18(2)17-32-23-8-6-22(7-9-23)20(4)29-25(26-5)28-15-21-10-11-27-24(14-21)30-12-13-31-19(3)16-30;/h6-11,14,18-20H,12-13,15-17H2,1-5H3,(H2,26,28,29);1H. The second-order valence-corrected chi connectivity index (χ2v) is 8.72. The smallest absolute Gasteiger partial charge is 0.191 e. The molecule has 7 nitrogen and oxygen atoms in total. The van der Waals surface area contributed by atoms with Crippen LogP contribution in [0.15, 0.2) is 47.6 Å². The van der Waals surface area contributed by atoms with Gasteiger partial charge in [0, 0.05) is 32.9 Å². The molecule has 1 aliphatic rings. The molecule has 1 saturated heterocycles. The first-order valence-electron chi connectivity index (χ1n) is 11.5. The molecule has 182 valence electrons. The van der Waals surface area contributed by atoms with Crippen LogP contribution in [0.1, 0.15) is 44.9 Å². The lowest BCUT2D eigenvalue weighted by Crippen LogP contribution is -2.41. The maximum Gasteiger partial charge on any atom is 0.191 e. The molecule has 3 rings (SSSR count). The van der Waals surface area contributed by atoms with Gasteiger partial charge in [-0.05, 0) is 55.2 Å². The third-order valence-electron chi connectivity index (χ3n) is 5.38. The van der Waals surface area contributed by atoms with Crippen LogP contribution in [0.3, 0.4) is 0 Å². The lowest BCUT2D eigenvalue weighted by molar-refractivity contribution is 0.0529. The second kappa shape index (κ2) is 13.6. The minimum atomic E-state index is 0. The molecule has 0 radical (unpaired) electrons. The van der Waals surface area contributed by atoms with Gasteiger partial charge in [-0.3, -0.25) is 4.99 Å². The predicted molar refractivity (Wildman–Crippen MR) is 146 cm³/mol. The van der Waals surface area contributed by atoms with Crippen molar-refractivity contribution in [3.8, 4) is 5.75 Å². The molecule has 1 aromatic carbocycles. The fourth-order valence-corrected chi connectivity index (χ4v) is 3.55. The summed E-state index contributed by atoms with van der Waals surface area (Å²) in [4.78, 5) is 11.2. The van der Waals surface area contributed by atoms with E-state index in [1.54, 1.807) is 7.05 Å². The van der Waals surface area contributed by atoms with E-state index < -0.39 is 0 Å². The monoisotopic (exact) mass is 567 g/mol. The van der Waals surface area contributed by atoms with Gasteiger partial charge in [0.15, 0.2) is 5.96 Å². The van der Waals surface area contributed by atoms with Gasteiger partial charge in [0.05, 0.1) is 25.4 Å². The average Bonchev–Trinajstić information content (AvgIpc) is 2.80.